The molecular formula is C9H15N3O2. The van der Waals surface area contributed by atoms with Crippen LogP contribution in [-0.2, 0) is 4.79 Å². The summed E-state index contributed by atoms with van der Waals surface area (Å²) in [5, 5.41) is 5.55. The number of rotatable bonds is 1. The highest BCUT2D eigenvalue weighted by Gasteiger charge is 2.32. The average Bonchev–Trinajstić information content (AvgIpc) is 2.20. The normalized spacial score (nSPS) is 28.3. The minimum atomic E-state index is -0.246. The molecule has 1 atom stereocenters. The Morgan fingerprint density at radius 3 is 2.64 bits per heavy atom. The standard InChI is InChI=1S/C9H15N3O2/c13-8-7(3-1-4-10-8)12-6-2-5-11-9(12)14/h7H,1-6H2,(H,10,13)(H,11,14). The largest absolute Gasteiger partial charge is 0.354 e. The van der Waals surface area contributed by atoms with Crippen molar-refractivity contribution in [2.24, 2.45) is 0 Å². The summed E-state index contributed by atoms with van der Waals surface area (Å²) in [6.07, 6.45) is 2.68. The Hall–Kier alpha value is -1.26. The van der Waals surface area contributed by atoms with Gasteiger partial charge in [0.2, 0.25) is 5.91 Å². The zero-order valence-electron chi connectivity index (χ0n) is 8.08. The van der Waals surface area contributed by atoms with E-state index in [4.69, 9.17) is 0 Å². The molecule has 2 rings (SSSR count). The van der Waals surface area contributed by atoms with Crippen LogP contribution in [-0.4, -0.2) is 42.5 Å². The summed E-state index contributed by atoms with van der Waals surface area (Å²) in [7, 11) is 0. The Balaban J connectivity index is 2.04. The molecule has 2 aliphatic rings. The van der Waals surface area contributed by atoms with Crippen LogP contribution in [0.4, 0.5) is 4.79 Å². The highest BCUT2D eigenvalue weighted by Crippen LogP contribution is 2.13. The van der Waals surface area contributed by atoms with Crippen LogP contribution >= 0.6 is 0 Å². The van der Waals surface area contributed by atoms with Gasteiger partial charge in [-0.25, -0.2) is 4.79 Å². The maximum atomic E-state index is 11.5. The molecule has 0 spiro atoms. The molecule has 0 aromatic carbocycles. The first-order valence-corrected chi connectivity index (χ1v) is 5.11. The van der Waals surface area contributed by atoms with Gasteiger partial charge in [-0.1, -0.05) is 0 Å². The van der Waals surface area contributed by atoms with E-state index in [1.54, 1.807) is 4.90 Å². The maximum Gasteiger partial charge on any atom is 0.318 e. The summed E-state index contributed by atoms with van der Waals surface area (Å²) in [5.74, 6) is -0.00620. The van der Waals surface area contributed by atoms with Crippen molar-refractivity contribution in [1.29, 1.82) is 0 Å². The van der Waals surface area contributed by atoms with Gasteiger partial charge in [-0.3, -0.25) is 4.79 Å². The fourth-order valence-electron chi connectivity index (χ4n) is 2.00. The minimum absolute atomic E-state index is 0.00620. The Morgan fingerprint density at radius 1 is 1.14 bits per heavy atom. The summed E-state index contributed by atoms with van der Waals surface area (Å²) in [5.41, 5.74) is 0. The van der Waals surface area contributed by atoms with Crippen molar-refractivity contribution in [1.82, 2.24) is 15.5 Å². The molecule has 14 heavy (non-hydrogen) atoms. The van der Waals surface area contributed by atoms with Crippen LogP contribution in [0.5, 0.6) is 0 Å². The molecule has 3 amide bonds. The molecule has 78 valence electrons. The molecule has 0 bridgehead atoms. The van der Waals surface area contributed by atoms with Gasteiger partial charge < -0.3 is 15.5 Å². The molecule has 2 aliphatic heterocycles. The number of hydrogen-bond donors (Lipinski definition) is 2. The smallest absolute Gasteiger partial charge is 0.318 e. The second-order valence-corrected chi connectivity index (χ2v) is 3.73. The van der Waals surface area contributed by atoms with E-state index in [-0.39, 0.29) is 18.0 Å². The molecule has 1 unspecified atom stereocenters. The third-order valence-corrected chi connectivity index (χ3v) is 2.75. The van der Waals surface area contributed by atoms with Crippen molar-refractivity contribution in [2.75, 3.05) is 19.6 Å². The Bertz CT molecular complexity index is 228. The van der Waals surface area contributed by atoms with Crippen molar-refractivity contribution in [3.63, 3.8) is 0 Å². The van der Waals surface area contributed by atoms with Gasteiger partial charge in [0.1, 0.15) is 6.04 Å². The summed E-state index contributed by atoms with van der Waals surface area (Å²) >= 11 is 0. The van der Waals surface area contributed by atoms with Crippen molar-refractivity contribution < 1.29 is 9.59 Å². The number of carbonyl (C=O) groups excluding carboxylic acids is 2. The lowest BCUT2D eigenvalue weighted by molar-refractivity contribution is -0.127. The fraction of sp³-hybridized carbons (Fsp3) is 0.778. The van der Waals surface area contributed by atoms with Crippen molar-refractivity contribution in [3.8, 4) is 0 Å². The molecule has 0 aromatic rings. The van der Waals surface area contributed by atoms with Crippen LogP contribution in [0.2, 0.25) is 0 Å². The molecule has 5 nitrogen and oxygen atoms in total. The molecule has 2 fully saturated rings. The third kappa shape index (κ3) is 1.66. The van der Waals surface area contributed by atoms with Crippen LogP contribution in [0.3, 0.4) is 0 Å². The zero-order valence-corrected chi connectivity index (χ0v) is 8.08. The van der Waals surface area contributed by atoms with Gasteiger partial charge in [-0.05, 0) is 19.3 Å². The van der Waals surface area contributed by atoms with Gasteiger partial charge in [0, 0.05) is 19.6 Å². The SMILES string of the molecule is O=C1NCCCC1N1CCCNC1=O. The lowest BCUT2D eigenvalue weighted by Crippen LogP contribution is -2.57. The van der Waals surface area contributed by atoms with Gasteiger partial charge in [-0.15, -0.1) is 0 Å². The van der Waals surface area contributed by atoms with E-state index < -0.39 is 0 Å². The lowest BCUT2D eigenvalue weighted by atomic mass is 10.0. The van der Waals surface area contributed by atoms with Gasteiger partial charge in [0.05, 0.1) is 0 Å². The summed E-state index contributed by atoms with van der Waals surface area (Å²) < 4.78 is 0. The number of amides is 3. The molecule has 5 heteroatoms. The molecule has 0 aliphatic carbocycles. The second-order valence-electron chi connectivity index (χ2n) is 3.73. The first-order chi connectivity index (χ1) is 6.79. The van der Waals surface area contributed by atoms with E-state index in [1.807, 2.05) is 0 Å². The summed E-state index contributed by atoms with van der Waals surface area (Å²) in [6.45, 7) is 2.17. The molecular weight excluding hydrogens is 182 g/mol. The second kappa shape index (κ2) is 3.86. The summed E-state index contributed by atoms with van der Waals surface area (Å²) in [6, 6.07) is -0.345. The van der Waals surface area contributed by atoms with Crippen molar-refractivity contribution in [2.45, 2.75) is 25.3 Å². The van der Waals surface area contributed by atoms with E-state index in [1.165, 1.54) is 0 Å². The Labute approximate surface area is 82.8 Å². The lowest BCUT2D eigenvalue weighted by Gasteiger charge is -2.35. The molecule has 2 heterocycles. The Kier molecular flexibility index (Phi) is 2.56. The van der Waals surface area contributed by atoms with Crippen LogP contribution in [0.15, 0.2) is 0 Å². The highest BCUT2D eigenvalue weighted by atomic mass is 16.2. The molecule has 0 radical (unpaired) electrons. The van der Waals surface area contributed by atoms with Gasteiger partial charge in [-0.2, -0.15) is 0 Å². The van der Waals surface area contributed by atoms with Gasteiger partial charge in [0.25, 0.3) is 0 Å². The molecule has 2 N–H and O–H groups in total. The first-order valence-electron chi connectivity index (χ1n) is 5.11. The summed E-state index contributed by atoms with van der Waals surface area (Å²) in [4.78, 5) is 24.6. The Morgan fingerprint density at radius 2 is 1.93 bits per heavy atom. The van der Waals surface area contributed by atoms with Gasteiger partial charge in [0.15, 0.2) is 0 Å². The number of carbonyl (C=O) groups is 2. The zero-order chi connectivity index (χ0) is 9.97. The third-order valence-electron chi connectivity index (χ3n) is 2.75. The number of piperidine rings is 1. The number of hydrogen-bond acceptors (Lipinski definition) is 2. The van der Waals surface area contributed by atoms with Crippen molar-refractivity contribution in [3.05, 3.63) is 0 Å². The fourth-order valence-corrected chi connectivity index (χ4v) is 2.00. The minimum Gasteiger partial charge on any atom is -0.354 e. The van der Waals surface area contributed by atoms with Gasteiger partial charge >= 0.3 is 6.03 Å². The van der Waals surface area contributed by atoms with E-state index in [0.29, 0.717) is 6.54 Å². The maximum absolute atomic E-state index is 11.5. The van der Waals surface area contributed by atoms with Crippen LogP contribution in [0.1, 0.15) is 19.3 Å². The van der Waals surface area contributed by atoms with Crippen LogP contribution in [0, 0.1) is 0 Å². The predicted molar refractivity (Wildman–Crippen MR) is 50.8 cm³/mol. The van der Waals surface area contributed by atoms with E-state index in [9.17, 15) is 9.59 Å². The van der Waals surface area contributed by atoms with E-state index >= 15 is 0 Å². The van der Waals surface area contributed by atoms with E-state index in [0.717, 1.165) is 32.4 Å². The number of urea groups is 1. The molecule has 0 saturated carbocycles. The monoisotopic (exact) mass is 197 g/mol. The molecule has 0 aromatic heterocycles. The van der Waals surface area contributed by atoms with E-state index in [2.05, 4.69) is 10.6 Å². The van der Waals surface area contributed by atoms with Crippen LogP contribution in [0.25, 0.3) is 0 Å². The quantitative estimate of drug-likeness (QED) is 0.605. The average molecular weight is 197 g/mol. The number of nitrogens with one attached hydrogen (secondary N) is 2. The molecule has 2 saturated heterocycles. The first kappa shape index (κ1) is 9.30. The van der Waals surface area contributed by atoms with Crippen molar-refractivity contribution >= 4 is 11.9 Å². The topological polar surface area (TPSA) is 61.4 Å². The predicted octanol–water partition coefficient (Wildman–Crippen LogP) is -0.320. The van der Waals surface area contributed by atoms with Crippen LogP contribution < -0.4 is 10.6 Å². The highest BCUT2D eigenvalue weighted by molar-refractivity contribution is 5.87. The number of nitrogens with zero attached hydrogens (tertiary/aromatic N) is 1.